The third-order valence-corrected chi connectivity index (χ3v) is 4.94. The van der Waals surface area contributed by atoms with Crippen molar-refractivity contribution in [2.75, 3.05) is 0 Å². The van der Waals surface area contributed by atoms with E-state index in [-0.39, 0.29) is 0 Å². The summed E-state index contributed by atoms with van der Waals surface area (Å²) in [5.74, 6) is -0.760. The second-order valence-corrected chi connectivity index (χ2v) is 5.89. The smallest absolute Gasteiger partial charge is 0.312 e. The minimum atomic E-state index is -0.943. The number of rotatable bonds is 2. The Balaban J connectivity index is 2.27. The molecule has 0 heterocycles. The zero-order valence-corrected chi connectivity index (χ0v) is 10.6. The summed E-state index contributed by atoms with van der Waals surface area (Å²) < 4.78 is 0. The van der Waals surface area contributed by atoms with Gasteiger partial charge in [0.2, 0.25) is 0 Å². The van der Waals surface area contributed by atoms with E-state index in [0.29, 0.717) is 25.7 Å². The van der Waals surface area contributed by atoms with E-state index in [0.717, 1.165) is 44.9 Å². The standard InChI is InChI=1S/C14H24O3/c15-12(16)13(8-4-1-2-5-9-13)14(17)10-6-3-7-11-14/h17H,1-11H2,(H,15,16). The SMILES string of the molecule is O=C(O)C1(C2(O)CCCCC2)CCCCCC1. The van der Waals surface area contributed by atoms with Crippen LogP contribution in [0, 0.1) is 5.41 Å². The fourth-order valence-electron chi connectivity index (χ4n) is 3.83. The maximum atomic E-state index is 11.8. The van der Waals surface area contributed by atoms with Crippen LogP contribution < -0.4 is 0 Å². The molecule has 2 rings (SSSR count). The molecular weight excluding hydrogens is 216 g/mol. The minimum Gasteiger partial charge on any atom is -0.481 e. The number of hydrogen-bond donors (Lipinski definition) is 2. The van der Waals surface area contributed by atoms with E-state index >= 15 is 0 Å². The summed E-state index contributed by atoms with van der Waals surface area (Å²) in [5.41, 5.74) is -1.80. The molecule has 0 atom stereocenters. The summed E-state index contributed by atoms with van der Waals surface area (Å²) in [6.07, 6.45) is 9.92. The highest BCUT2D eigenvalue weighted by atomic mass is 16.4. The topological polar surface area (TPSA) is 57.5 Å². The van der Waals surface area contributed by atoms with Gasteiger partial charge < -0.3 is 10.2 Å². The van der Waals surface area contributed by atoms with E-state index in [1.165, 1.54) is 0 Å². The van der Waals surface area contributed by atoms with Crippen LogP contribution in [0.4, 0.5) is 0 Å². The lowest BCUT2D eigenvalue weighted by molar-refractivity contribution is -0.178. The predicted molar refractivity (Wildman–Crippen MR) is 65.8 cm³/mol. The third-order valence-electron chi connectivity index (χ3n) is 4.94. The van der Waals surface area contributed by atoms with E-state index in [9.17, 15) is 15.0 Å². The fraction of sp³-hybridized carbons (Fsp3) is 0.929. The van der Waals surface area contributed by atoms with Crippen LogP contribution in [-0.4, -0.2) is 21.8 Å². The molecule has 2 saturated carbocycles. The molecule has 0 unspecified atom stereocenters. The summed E-state index contributed by atoms with van der Waals surface area (Å²) >= 11 is 0. The molecule has 0 aliphatic heterocycles. The van der Waals surface area contributed by atoms with Gasteiger partial charge in [0.25, 0.3) is 0 Å². The van der Waals surface area contributed by atoms with Crippen molar-refractivity contribution in [1.82, 2.24) is 0 Å². The van der Waals surface area contributed by atoms with Crippen molar-refractivity contribution < 1.29 is 15.0 Å². The molecule has 2 aliphatic rings. The number of aliphatic hydroxyl groups is 1. The van der Waals surface area contributed by atoms with E-state index in [1.807, 2.05) is 0 Å². The van der Waals surface area contributed by atoms with E-state index in [2.05, 4.69) is 0 Å². The van der Waals surface area contributed by atoms with Crippen LogP contribution in [0.25, 0.3) is 0 Å². The quantitative estimate of drug-likeness (QED) is 0.729. The van der Waals surface area contributed by atoms with Crippen LogP contribution in [0.3, 0.4) is 0 Å². The predicted octanol–water partition coefficient (Wildman–Crippen LogP) is 3.11. The molecule has 3 heteroatoms. The van der Waals surface area contributed by atoms with Crippen LogP contribution in [-0.2, 0) is 4.79 Å². The average molecular weight is 240 g/mol. The fourth-order valence-corrected chi connectivity index (χ4v) is 3.83. The molecule has 0 radical (unpaired) electrons. The van der Waals surface area contributed by atoms with Crippen LogP contribution in [0.2, 0.25) is 0 Å². The number of carbonyl (C=O) groups is 1. The molecule has 0 bridgehead atoms. The summed E-state index contributed by atoms with van der Waals surface area (Å²) in [4.78, 5) is 11.8. The molecule has 2 aliphatic carbocycles. The van der Waals surface area contributed by atoms with Crippen molar-refractivity contribution in [3.8, 4) is 0 Å². The first-order valence-corrected chi connectivity index (χ1v) is 7.07. The van der Waals surface area contributed by atoms with Gasteiger partial charge in [-0.15, -0.1) is 0 Å². The second-order valence-electron chi connectivity index (χ2n) is 5.89. The highest BCUT2D eigenvalue weighted by Crippen LogP contribution is 2.50. The number of carboxylic acid groups (broad SMARTS) is 1. The van der Waals surface area contributed by atoms with Gasteiger partial charge in [-0.25, -0.2) is 0 Å². The van der Waals surface area contributed by atoms with Gasteiger partial charge in [-0.2, -0.15) is 0 Å². The second kappa shape index (κ2) is 4.97. The first-order chi connectivity index (χ1) is 8.11. The third kappa shape index (κ3) is 2.22. The normalized spacial score (nSPS) is 28.3. The van der Waals surface area contributed by atoms with Gasteiger partial charge in [-0.05, 0) is 25.7 Å². The van der Waals surface area contributed by atoms with Gasteiger partial charge in [-0.1, -0.05) is 44.9 Å². The Kier molecular flexibility index (Phi) is 3.76. The molecule has 0 spiro atoms. The lowest BCUT2D eigenvalue weighted by Gasteiger charge is -2.46. The van der Waals surface area contributed by atoms with Gasteiger partial charge in [0.05, 0.1) is 11.0 Å². The first-order valence-electron chi connectivity index (χ1n) is 7.07. The van der Waals surface area contributed by atoms with Crippen LogP contribution in [0.5, 0.6) is 0 Å². The first kappa shape index (κ1) is 12.9. The van der Waals surface area contributed by atoms with Crippen LogP contribution in [0.1, 0.15) is 70.6 Å². The summed E-state index contributed by atoms with van der Waals surface area (Å²) in [7, 11) is 0. The molecule has 0 aromatic heterocycles. The molecule has 98 valence electrons. The van der Waals surface area contributed by atoms with Crippen LogP contribution in [0.15, 0.2) is 0 Å². The molecular formula is C14H24O3. The molecule has 2 fully saturated rings. The van der Waals surface area contributed by atoms with Crippen molar-refractivity contribution in [2.24, 2.45) is 5.41 Å². The largest absolute Gasteiger partial charge is 0.481 e. The van der Waals surface area contributed by atoms with Gasteiger partial charge in [0.1, 0.15) is 0 Å². The Hall–Kier alpha value is -0.570. The van der Waals surface area contributed by atoms with Gasteiger partial charge >= 0.3 is 5.97 Å². The highest BCUT2D eigenvalue weighted by molar-refractivity contribution is 5.76. The summed E-state index contributed by atoms with van der Waals surface area (Å²) in [6.45, 7) is 0. The minimum absolute atomic E-state index is 0.666. The average Bonchev–Trinajstić information content (AvgIpc) is 2.56. The Bertz CT molecular complexity index is 271. The molecule has 0 aromatic rings. The van der Waals surface area contributed by atoms with E-state index < -0.39 is 17.0 Å². The van der Waals surface area contributed by atoms with Gasteiger partial charge in [0.15, 0.2) is 0 Å². The summed E-state index contributed by atoms with van der Waals surface area (Å²) in [5, 5.41) is 20.5. The monoisotopic (exact) mass is 240 g/mol. The zero-order valence-electron chi connectivity index (χ0n) is 10.6. The van der Waals surface area contributed by atoms with Crippen molar-refractivity contribution in [2.45, 2.75) is 76.2 Å². The van der Waals surface area contributed by atoms with Gasteiger partial charge in [0, 0.05) is 0 Å². The molecule has 3 nitrogen and oxygen atoms in total. The number of aliphatic carboxylic acids is 1. The lowest BCUT2D eigenvalue weighted by Crippen LogP contribution is -2.54. The maximum absolute atomic E-state index is 11.8. The summed E-state index contributed by atoms with van der Waals surface area (Å²) in [6, 6.07) is 0. The Morgan fingerprint density at radius 2 is 1.18 bits per heavy atom. The van der Waals surface area contributed by atoms with Crippen LogP contribution >= 0.6 is 0 Å². The lowest BCUT2D eigenvalue weighted by atomic mass is 9.61. The van der Waals surface area contributed by atoms with Crippen molar-refractivity contribution >= 4 is 5.97 Å². The Labute approximate surface area is 103 Å². The van der Waals surface area contributed by atoms with E-state index in [4.69, 9.17) is 0 Å². The van der Waals surface area contributed by atoms with Crippen molar-refractivity contribution in [3.05, 3.63) is 0 Å². The molecule has 0 amide bonds. The molecule has 17 heavy (non-hydrogen) atoms. The number of carboxylic acids is 1. The Morgan fingerprint density at radius 3 is 1.65 bits per heavy atom. The van der Waals surface area contributed by atoms with E-state index in [1.54, 1.807) is 0 Å². The Morgan fingerprint density at radius 1 is 0.765 bits per heavy atom. The molecule has 0 saturated heterocycles. The number of hydrogen-bond acceptors (Lipinski definition) is 2. The highest BCUT2D eigenvalue weighted by Gasteiger charge is 2.55. The molecule has 0 aromatic carbocycles. The van der Waals surface area contributed by atoms with Crippen molar-refractivity contribution in [3.63, 3.8) is 0 Å². The zero-order chi connectivity index (χ0) is 12.4. The maximum Gasteiger partial charge on any atom is 0.312 e. The molecule has 2 N–H and O–H groups in total. The van der Waals surface area contributed by atoms with Crippen molar-refractivity contribution in [1.29, 1.82) is 0 Å². The van der Waals surface area contributed by atoms with Gasteiger partial charge in [-0.3, -0.25) is 4.79 Å².